The third-order valence-corrected chi connectivity index (χ3v) is 3.36. The molecule has 0 bridgehead atoms. The number of halogens is 1. The predicted octanol–water partition coefficient (Wildman–Crippen LogP) is 2.98. The minimum absolute atomic E-state index is 0.528. The van der Waals surface area contributed by atoms with Crippen LogP contribution in [-0.4, -0.2) is 40.8 Å². The summed E-state index contributed by atoms with van der Waals surface area (Å²) in [6.07, 6.45) is 4.61. The minimum atomic E-state index is 0.528. The minimum Gasteiger partial charge on any atom is -0.481 e. The lowest BCUT2D eigenvalue weighted by atomic mass is 10.1. The first kappa shape index (κ1) is 14.8. The van der Waals surface area contributed by atoms with E-state index < -0.39 is 0 Å². The van der Waals surface area contributed by atoms with Crippen molar-refractivity contribution in [3.8, 4) is 17.1 Å². The first-order chi connectivity index (χ1) is 9.65. The molecule has 0 saturated heterocycles. The van der Waals surface area contributed by atoms with Crippen molar-refractivity contribution in [1.29, 1.82) is 0 Å². The van der Waals surface area contributed by atoms with Gasteiger partial charge in [0.1, 0.15) is 0 Å². The van der Waals surface area contributed by atoms with Crippen LogP contribution in [0.2, 0.25) is 5.02 Å². The van der Waals surface area contributed by atoms with Crippen LogP contribution in [0.15, 0.2) is 18.5 Å². The maximum absolute atomic E-state index is 6.23. The standard InChI is InChI=1S/C14H19ClN4O/c1-4-5-19(2)9-10-7-17-18-14(10)11-6-13(20-3)16-8-12(11)15/h6-8H,4-5,9H2,1-3H3,(H,17,18). The van der Waals surface area contributed by atoms with Crippen molar-refractivity contribution >= 4 is 11.6 Å². The van der Waals surface area contributed by atoms with Crippen LogP contribution in [0.4, 0.5) is 0 Å². The number of nitrogens with one attached hydrogen (secondary N) is 1. The SMILES string of the molecule is CCCN(C)Cc1c[nH]nc1-c1cc(OC)ncc1Cl. The van der Waals surface area contributed by atoms with Gasteiger partial charge in [0.15, 0.2) is 0 Å². The topological polar surface area (TPSA) is 54.0 Å². The van der Waals surface area contributed by atoms with E-state index in [9.17, 15) is 0 Å². The van der Waals surface area contributed by atoms with E-state index in [-0.39, 0.29) is 0 Å². The Morgan fingerprint density at radius 2 is 2.25 bits per heavy atom. The van der Waals surface area contributed by atoms with Gasteiger partial charge in [-0.15, -0.1) is 0 Å². The highest BCUT2D eigenvalue weighted by Crippen LogP contribution is 2.31. The molecule has 2 heterocycles. The number of hydrogen-bond acceptors (Lipinski definition) is 4. The van der Waals surface area contributed by atoms with Crippen LogP contribution >= 0.6 is 11.6 Å². The van der Waals surface area contributed by atoms with Gasteiger partial charge >= 0.3 is 0 Å². The quantitative estimate of drug-likeness (QED) is 0.890. The third-order valence-electron chi connectivity index (χ3n) is 3.06. The second-order valence-corrected chi connectivity index (χ2v) is 5.11. The fourth-order valence-corrected chi connectivity index (χ4v) is 2.33. The number of nitrogens with zero attached hydrogens (tertiary/aromatic N) is 3. The van der Waals surface area contributed by atoms with Crippen molar-refractivity contribution in [1.82, 2.24) is 20.1 Å². The first-order valence-electron chi connectivity index (χ1n) is 6.56. The van der Waals surface area contributed by atoms with E-state index in [1.807, 2.05) is 12.3 Å². The van der Waals surface area contributed by atoms with E-state index in [1.54, 1.807) is 13.3 Å². The van der Waals surface area contributed by atoms with Crippen LogP contribution in [0.25, 0.3) is 11.3 Å². The van der Waals surface area contributed by atoms with Crippen LogP contribution in [0.3, 0.4) is 0 Å². The number of hydrogen-bond donors (Lipinski definition) is 1. The van der Waals surface area contributed by atoms with Gasteiger partial charge in [-0.2, -0.15) is 5.10 Å². The van der Waals surface area contributed by atoms with Crippen molar-refractivity contribution in [3.05, 3.63) is 29.0 Å². The van der Waals surface area contributed by atoms with E-state index in [0.717, 1.165) is 36.3 Å². The molecule has 0 fully saturated rings. The van der Waals surface area contributed by atoms with E-state index in [2.05, 4.69) is 34.1 Å². The molecule has 0 amide bonds. The monoisotopic (exact) mass is 294 g/mol. The summed E-state index contributed by atoms with van der Waals surface area (Å²) >= 11 is 6.23. The maximum atomic E-state index is 6.23. The lowest BCUT2D eigenvalue weighted by Crippen LogP contribution is -2.18. The van der Waals surface area contributed by atoms with Gasteiger partial charge in [-0.1, -0.05) is 18.5 Å². The van der Waals surface area contributed by atoms with Gasteiger partial charge in [-0.05, 0) is 20.0 Å². The van der Waals surface area contributed by atoms with Gasteiger partial charge in [-0.3, -0.25) is 5.10 Å². The first-order valence-corrected chi connectivity index (χ1v) is 6.94. The zero-order valence-corrected chi connectivity index (χ0v) is 12.7. The zero-order chi connectivity index (χ0) is 14.5. The smallest absolute Gasteiger partial charge is 0.213 e. The summed E-state index contributed by atoms with van der Waals surface area (Å²) < 4.78 is 5.15. The van der Waals surface area contributed by atoms with E-state index >= 15 is 0 Å². The molecule has 20 heavy (non-hydrogen) atoms. The van der Waals surface area contributed by atoms with Crippen LogP contribution in [0, 0.1) is 0 Å². The number of rotatable bonds is 6. The predicted molar refractivity (Wildman–Crippen MR) is 80.0 cm³/mol. The Labute approximate surface area is 123 Å². The highest BCUT2D eigenvalue weighted by Gasteiger charge is 2.14. The van der Waals surface area contributed by atoms with Crippen molar-refractivity contribution in [2.75, 3.05) is 20.7 Å². The molecule has 1 N–H and O–H groups in total. The molecule has 6 heteroatoms. The summed E-state index contributed by atoms with van der Waals surface area (Å²) in [5.74, 6) is 0.528. The highest BCUT2D eigenvalue weighted by molar-refractivity contribution is 6.33. The summed E-state index contributed by atoms with van der Waals surface area (Å²) in [5.41, 5.74) is 2.79. The van der Waals surface area contributed by atoms with Crippen LogP contribution < -0.4 is 4.74 Å². The molecule has 5 nitrogen and oxygen atoms in total. The Kier molecular flexibility index (Phi) is 4.98. The molecule has 0 aliphatic rings. The van der Waals surface area contributed by atoms with Gasteiger partial charge in [-0.25, -0.2) is 4.98 Å². The number of pyridine rings is 1. The van der Waals surface area contributed by atoms with Crippen molar-refractivity contribution < 1.29 is 4.74 Å². The Morgan fingerprint density at radius 1 is 1.45 bits per heavy atom. The van der Waals surface area contributed by atoms with E-state index in [1.165, 1.54) is 0 Å². The molecule has 2 aromatic heterocycles. The average Bonchev–Trinajstić information content (AvgIpc) is 2.87. The molecule has 0 aromatic carbocycles. The van der Waals surface area contributed by atoms with Crippen molar-refractivity contribution in [2.45, 2.75) is 19.9 Å². The summed E-state index contributed by atoms with van der Waals surface area (Å²) in [6, 6.07) is 1.81. The fourth-order valence-electron chi connectivity index (χ4n) is 2.13. The number of H-pyrrole nitrogens is 1. The summed E-state index contributed by atoms with van der Waals surface area (Å²) in [7, 11) is 3.68. The number of aromatic amines is 1. The summed E-state index contributed by atoms with van der Waals surface area (Å²) in [5, 5.41) is 7.80. The van der Waals surface area contributed by atoms with Crippen LogP contribution in [0.5, 0.6) is 5.88 Å². The average molecular weight is 295 g/mol. The Morgan fingerprint density at radius 3 is 2.95 bits per heavy atom. The third kappa shape index (κ3) is 3.29. The van der Waals surface area contributed by atoms with Crippen LogP contribution in [-0.2, 0) is 6.54 Å². The zero-order valence-electron chi connectivity index (χ0n) is 12.0. The molecular weight excluding hydrogens is 276 g/mol. The van der Waals surface area contributed by atoms with E-state index in [0.29, 0.717) is 10.9 Å². The summed E-state index contributed by atoms with van der Waals surface area (Å²) in [4.78, 5) is 6.34. The second-order valence-electron chi connectivity index (χ2n) is 4.70. The Bertz CT molecular complexity index is 570. The Balaban J connectivity index is 2.32. The number of methoxy groups -OCH3 is 1. The van der Waals surface area contributed by atoms with Crippen molar-refractivity contribution in [2.24, 2.45) is 0 Å². The Hall–Kier alpha value is -1.59. The molecule has 108 valence electrons. The second kappa shape index (κ2) is 6.72. The molecule has 0 unspecified atom stereocenters. The maximum Gasteiger partial charge on any atom is 0.213 e. The van der Waals surface area contributed by atoms with Gasteiger partial charge < -0.3 is 9.64 Å². The molecule has 0 spiro atoms. The number of ether oxygens (including phenoxy) is 1. The molecule has 0 saturated carbocycles. The lowest BCUT2D eigenvalue weighted by Gasteiger charge is -2.15. The largest absolute Gasteiger partial charge is 0.481 e. The van der Waals surface area contributed by atoms with Gasteiger partial charge in [0.25, 0.3) is 0 Å². The van der Waals surface area contributed by atoms with E-state index in [4.69, 9.17) is 16.3 Å². The normalized spacial score (nSPS) is 11.1. The lowest BCUT2D eigenvalue weighted by molar-refractivity contribution is 0.328. The fraction of sp³-hybridized carbons (Fsp3) is 0.429. The van der Waals surface area contributed by atoms with Crippen molar-refractivity contribution in [3.63, 3.8) is 0 Å². The number of aromatic nitrogens is 3. The molecule has 2 aromatic rings. The molecule has 2 rings (SSSR count). The highest BCUT2D eigenvalue weighted by atomic mass is 35.5. The molecule has 0 atom stereocenters. The summed E-state index contributed by atoms with van der Waals surface area (Å²) in [6.45, 7) is 4.02. The molecule has 0 aliphatic carbocycles. The van der Waals surface area contributed by atoms with Gasteiger partial charge in [0, 0.05) is 29.9 Å². The molecular formula is C14H19ClN4O. The molecule has 0 radical (unpaired) electrons. The van der Waals surface area contributed by atoms with Gasteiger partial charge in [0.2, 0.25) is 5.88 Å². The molecule has 0 aliphatic heterocycles. The van der Waals surface area contributed by atoms with Gasteiger partial charge in [0.05, 0.1) is 24.0 Å². The van der Waals surface area contributed by atoms with Crippen LogP contribution in [0.1, 0.15) is 18.9 Å².